The number of amides is 2. The molecule has 242 valence electrons. The van der Waals surface area contributed by atoms with Gasteiger partial charge in [0.15, 0.2) is 0 Å². The molecule has 0 aliphatic rings. The van der Waals surface area contributed by atoms with E-state index >= 15 is 0 Å². The first-order chi connectivity index (χ1) is 22.0. The summed E-state index contributed by atoms with van der Waals surface area (Å²) in [6.45, 7) is 18.4. The zero-order chi connectivity index (χ0) is 33.4. The molecule has 0 aliphatic carbocycles. The first kappa shape index (κ1) is 34.7. The Bertz CT molecular complexity index is 1720. The number of hydrogen-bond acceptors (Lipinski definition) is 2. The van der Waals surface area contributed by atoms with Crippen LogP contribution in [0.25, 0.3) is 22.3 Å². The maximum Gasteiger partial charge on any atom is 0.220 e. The Morgan fingerprint density at radius 3 is 1.57 bits per heavy atom. The van der Waals surface area contributed by atoms with Gasteiger partial charge in [0, 0.05) is 25.9 Å². The normalized spacial score (nSPS) is 11.0. The van der Waals surface area contributed by atoms with Crippen molar-refractivity contribution in [3.05, 3.63) is 116 Å². The summed E-state index contributed by atoms with van der Waals surface area (Å²) in [6, 6.07) is 21.6. The fourth-order valence-corrected chi connectivity index (χ4v) is 6.26. The second-order valence-corrected chi connectivity index (χ2v) is 13.1. The Balaban J connectivity index is 1.16. The van der Waals surface area contributed by atoms with E-state index in [1.165, 1.54) is 66.8 Å². The molecule has 2 amide bonds. The molecule has 4 heteroatoms. The lowest BCUT2D eigenvalue weighted by Crippen LogP contribution is -2.23. The van der Waals surface area contributed by atoms with E-state index in [1.54, 1.807) is 0 Å². The van der Waals surface area contributed by atoms with Gasteiger partial charge in [-0.05, 0) is 152 Å². The molecular formula is C42H52N2O2. The van der Waals surface area contributed by atoms with Crippen molar-refractivity contribution in [2.75, 3.05) is 0 Å². The fraction of sp³-hybridized carbons (Fsp3) is 0.381. The Kier molecular flexibility index (Phi) is 12.0. The van der Waals surface area contributed by atoms with Crippen molar-refractivity contribution in [2.45, 2.75) is 107 Å². The van der Waals surface area contributed by atoms with Gasteiger partial charge in [-0.3, -0.25) is 9.59 Å². The maximum atomic E-state index is 12.6. The minimum atomic E-state index is 0.0819. The molecule has 0 bridgehead atoms. The van der Waals surface area contributed by atoms with Gasteiger partial charge in [0.25, 0.3) is 0 Å². The standard InChI is InChI=1S/C42H52N2O2/c1-27-15-13-17-37(30(27)4)39-22-21-36(33(7)34(39)8)26-44-42(46)20-12-10-9-11-19-41(45)43-25-35-23-29(3)32(6)40(24-35)38-18-14-16-28(2)31(38)5/h13-18,21-24H,9-12,19-20,25-26H2,1-8H3,(H,43,45)(H,44,46). The predicted molar refractivity (Wildman–Crippen MR) is 193 cm³/mol. The maximum absolute atomic E-state index is 12.6. The highest BCUT2D eigenvalue weighted by Gasteiger charge is 2.13. The molecule has 0 aliphatic heterocycles. The van der Waals surface area contributed by atoms with E-state index in [-0.39, 0.29) is 11.8 Å². The first-order valence-electron chi connectivity index (χ1n) is 16.8. The third-order valence-electron chi connectivity index (χ3n) is 9.94. The molecule has 0 radical (unpaired) electrons. The minimum Gasteiger partial charge on any atom is -0.352 e. The molecule has 0 fully saturated rings. The number of nitrogens with one attached hydrogen (secondary N) is 2. The van der Waals surface area contributed by atoms with Crippen molar-refractivity contribution < 1.29 is 9.59 Å². The summed E-state index contributed by atoms with van der Waals surface area (Å²) < 4.78 is 0. The molecule has 0 saturated carbocycles. The number of hydrogen-bond donors (Lipinski definition) is 2. The molecular weight excluding hydrogens is 564 g/mol. The van der Waals surface area contributed by atoms with E-state index in [1.807, 2.05) is 0 Å². The second kappa shape index (κ2) is 15.9. The van der Waals surface area contributed by atoms with E-state index in [9.17, 15) is 9.59 Å². The number of aryl methyl sites for hydroxylation is 3. The van der Waals surface area contributed by atoms with E-state index in [0.29, 0.717) is 25.9 Å². The second-order valence-electron chi connectivity index (χ2n) is 13.1. The van der Waals surface area contributed by atoms with Gasteiger partial charge in [-0.2, -0.15) is 0 Å². The van der Waals surface area contributed by atoms with Crippen molar-refractivity contribution in [2.24, 2.45) is 0 Å². The highest BCUT2D eigenvalue weighted by Crippen LogP contribution is 2.32. The molecule has 0 heterocycles. The van der Waals surface area contributed by atoms with Crippen molar-refractivity contribution in [1.29, 1.82) is 0 Å². The van der Waals surface area contributed by atoms with Crippen molar-refractivity contribution in [3.63, 3.8) is 0 Å². The van der Waals surface area contributed by atoms with Crippen LogP contribution in [-0.2, 0) is 22.7 Å². The quantitative estimate of drug-likeness (QED) is 0.147. The first-order valence-corrected chi connectivity index (χ1v) is 16.8. The average molecular weight is 617 g/mol. The molecule has 0 aromatic heterocycles. The smallest absolute Gasteiger partial charge is 0.220 e. The fourth-order valence-electron chi connectivity index (χ4n) is 6.26. The predicted octanol–water partition coefficient (Wildman–Crippen LogP) is 9.76. The zero-order valence-electron chi connectivity index (χ0n) is 29.2. The van der Waals surface area contributed by atoms with Crippen LogP contribution in [0.5, 0.6) is 0 Å². The number of carbonyl (C=O) groups excluding carboxylic acids is 2. The lowest BCUT2D eigenvalue weighted by Gasteiger charge is -2.16. The summed E-state index contributed by atoms with van der Waals surface area (Å²) in [5, 5.41) is 6.23. The molecule has 0 saturated heterocycles. The molecule has 4 aromatic carbocycles. The summed E-state index contributed by atoms with van der Waals surface area (Å²) in [6.07, 6.45) is 4.58. The molecule has 0 unspecified atom stereocenters. The van der Waals surface area contributed by atoms with E-state index in [0.717, 1.165) is 36.8 Å². The Hall–Kier alpha value is -4.18. The van der Waals surface area contributed by atoms with Crippen LogP contribution >= 0.6 is 0 Å². The van der Waals surface area contributed by atoms with Crippen LogP contribution in [0.1, 0.15) is 94.2 Å². The molecule has 2 N–H and O–H groups in total. The van der Waals surface area contributed by atoms with Gasteiger partial charge in [-0.15, -0.1) is 0 Å². The van der Waals surface area contributed by atoms with Crippen LogP contribution < -0.4 is 10.6 Å². The summed E-state index contributed by atoms with van der Waals surface area (Å²) in [5.74, 6) is 0.167. The summed E-state index contributed by atoms with van der Waals surface area (Å²) in [5.41, 5.74) is 17.5. The topological polar surface area (TPSA) is 58.2 Å². The van der Waals surface area contributed by atoms with Crippen molar-refractivity contribution in [3.8, 4) is 22.3 Å². The zero-order valence-corrected chi connectivity index (χ0v) is 29.2. The van der Waals surface area contributed by atoms with Gasteiger partial charge in [0.1, 0.15) is 0 Å². The lowest BCUT2D eigenvalue weighted by molar-refractivity contribution is -0.122. The van der Waals surface area contributed by atoms with Crippen LogP contribution in [0, 0.1) is 55.4 Å². The van der Waals surface area contributed by atoms with Gasteiger partial charge in [0.2, 0.25) is 11.8 Å². The van der Waals surface area contributed by atoms with Gasteiger partial charge in [0.05, 0.1) is 0 Å². The summed E-state index contributed by atoms with van der Waals surface area (Å²) in [4.78, 5) is 25.2. The number of unbranched alkanes of at least 4 members (excludes halogenated alkanes) is 3. The average Bonchev–Trinajstić information content (AvgIpc) is 3.03. The van der Waals surface area contributed by atoms with Crippen molar-refractivity contribution in [1.82, 2.24) is 10.6 Å². The molecule has 0 atom stereocenters. The highest BCUT2D eigenvalue weighted by atomic mass is 16.2. The minimum absolute atomic E-state index is 0.0819. The van der Waals surface area contributed by atoms with E-state index in [2.05, 4.69) is 127 Å². The van der Waals surface area contributed by atoms with Crippen molar-refractivity contribution >= 4 is 11.8 Å². The van der Waals surface area contributed by atoms with Gasteiger partial charge in [-0.25, -0.2) is 0 Å². The van der Waals surface area contributed by atoms with Gasteiger partial charge in [-0.1, -0.05) is 67.4 Å². The van der Waals surface area contributed by atoms with Crippen LogP contribution in [0.2, 0.25) is 0 Å². The SMILES string of the molecule is Cc1cccc(-c2cc(CNC(=O)CCCCCCC(=O)NCc3ccc(-c4cccc(C)c4C)c(C)c3C)cc(C)c2C)c1C. The molecule has 46 heavy (non-hydrogen) atoms. The monoisotopic (exact) mass is 616 g/mol. The van der Waals surface area contributed by atoms with Crippen LogP contribution in [-0.4, -0.2) is 11.8 Å². The molecule has 4 rings (SSSR count). The van der Waals surface area contributed by atoms with Crippen LogP contribution in [0.15, 0.2) is 60.7 Å². The number of benzene rings is 4. The van der Waals surface area contributed by atoms with Gasteiger partial charge < -0.3 is 10.6 Å². The largest absolute Gasteiger partial charge is 0.352 e. The van der Waals surface area contributed by atoms with Crippen LogP contribution in [0.4, 0.5) is 0 Å². The Morgan fingerprint density at radius 1 is 0.478 bits per heavy atom. The van der Waals surface area contributed by atoms with Crippen LogP contribution in [0.3, 0.4) is 0 Å². The third-order valence-corrected chi connectivity index (χ3v) is 9.94. The lowest BCUT2D eigenvalue weighted by atomic mass is 9.90. The Labute approximate surface area is 277 Å². The van der Waals surface area contributed by atoms with E-state index in [4.69, 9.17) is 0 Å². The summed E-state index contributed by atoms with van der Waals surface area (Å²) >= 11 is 0. The molecule has 4 aromatic rings. The molecule has 4 nitrogen and oxygen atoms in total. The highest BCUT2D eigenvalue weighted by molar-refractivity contribution is 5.77. The Morgan fingerprint density at radius 2 is 0.978 bits per heavy atom. The van der Waals surface area contributed by atoms with E-state index < -0.39 is 0 Å². The van der Waals surface area contributed by atoms with Gasteiger partial charge >= 0.3 is 0 Å². The number of rotatable bonds is 13. The third kappa shape index (κ3) is 8.54. The molecule has 0 spiro atoms. The number of carbonyl (C=O) groups is 2. The summed E-state index contributed by atoms with van der Waals surface area (Å²) in [7, 11) is 0.